The number of aromatic nitrogens is 2. The molecule has 2 aliphatic rings. The Kier molecular flexibility index (Phi) is 10.1. The predicted octanol–water partition coefficient (Wildman–Crippen LogP) is 4.62. The molecule has 2 fully saturated rings. The summed E-state index contributed by atoms with van der Waals surface area (Å²) < 4.78 is 12.3. The van der Waals surface area contributed by atoms with E-state index in [1.54, 1.807) is 29.2 Å². The SMILES string of the molecule is O=C(O)c1ccc(CCN2C(=O)/C(=C/c3ccc(OCCN4CCOCC4)c(-c4ccc5nc(CCO)[nH]c5c4)c3)SC2=S)cc1. The number of benzene rings is 3. The molecule has 10 nitrogen and oxygen atoms in total. The first-order valence-corrected chi connectivity index (χ1v) is 16.3. The van der Waals surface area contributed by atoms with Gasteiger partial charge in [-0.25, -0.2) is 9.78 Å². The van der Waals surface area contributed by atoms with Crippen LogP contribution in [0.25, 0.3) is 28.2 Å². The Morgan fingerprint density at radius 2 is 1.87 bits per heavy atom. The lowest BCUT2D eigenvalue weighted by molar-refractivity contribution is -0.122. The average Bonchev–Trinajstić information content (AvgIpc) is 3.59. The third kappa shape index (κ3) is 7.48. The van der Waals surface area contributed by atoms with Gasteiger partial charge in [0.1, 0.15) is 22.5 Å². The number of thioether (sulfide) groups is 1. The second kappa shape index (κ2) is 14.6. The van der Waals surface area contributed by atoms with Gasteiger partial charge in [0.2, 0.25) is 0 Å². The van der Waals surface area contributed by atoms with Crippen LogP contribution in [0.1, 0.15) is 27.3 Å². The fraction of sp³-hybridized carbons (Fsp3) is 0.294. The molecule has 0 atom stereocenters. The first-order valence-electron chi connectivity index (χ1n) is 15.1. The summed E-state index contributed by atoms with van der Waals surface area (Å²) in [6.45, 7) is 4.97. The summed E-state index contributed by atoms with van der Waals surface area (Å²) in [6.07, 6.45) is 2.86. The minimum Gasteiger partial charge on any atom is -0.492 e. The number of ether oxygens (including phenoxy) is 2. The van der Waals surface area contributed by atoms with Crippen LogP contribution >= 0.6 is 24.0 Å². The molecule has 12 heteroatoms. The number of thiocarbonyl (C=S) groups is 1. The Morgan fingerprint density at radius 1 is 1.07 bits per heavy atom. The van der Waals surface area contributed by atoms with Crippen LogP contribution in [0.3, 0.4) is 0 Å². The Morgan fingerprint density at radius 3 is 2.63 bits per heavy atom. The Balaban J connectivity index is 1.22. The number of carbonyl (C=O) groups is 2. The highest BCUT2D eigenvalue weighted by molar-refractivity contribution is 8.26. The number of hydrogen-bond acceptors (Lipinski definition) is 9. The van der Waals surface area contributed by atoms with Crippen molar-refractivity contribution >= 4 is 57.3 Å². The van der Waals surface area contributed by atoms with Gasteiger partial charge >= 0.3 is 5.97 Å². The highest BCUT2D eigenvalue weighted by atomic mass is 32.2. The van der Waals surface area contributed by atoms with Crippen molar-refractivity contribution in [2.24, 2.45) is 0 Å². The average molecular weight is 659 g/mol. The number of morpholine rings is 1. The van der Waals surface area contributed by atoms with E-state index in [1.807, 2.05) is 42.5 Å². The van der Waals surface area contributed by atoms with E-state index in [2.05, 4.69) is 14.9 Å². The standard InChI is InChI=1S/C34H34N4O6S2/c39-15-10-31-35-27-7-6-25(21-28(27)36-31)26-19-23(3-8-29(26)44-18-14-37-12-16-43-17-13-37)20-30-32(40)38(34(45)46-30)11-9-22-1-4-24(5-2-22)33(41)42/h1-8,19-21,39H,9-18H2,(H,35,36)(H,41,42)/b30-20-. The van der Waals surface area contributed by atoms with Crippen LogP contribution in [0, 0.1) is 0 Å². The zero-order chi connectivity index (χ0) is 32.0. The topological polar surface area (TPSA) is 128 Å². The molecule has 0 aliphatic carbocycles. The molecule has 6 rings (SSSR count). The number of hydrogen-bond donors (Lipinski definition) is 3. The number of carboxylic acid groups (broad SMARTS) is 1. The summed E-state index contributed by atoms with van der Waals surface area (Å²) in [4.78, 5) is 36.9. The van der Waals surface area contributed by atoms with Crippen molar-refractivity contribution in [1.29, 1.82) is 0 Å². The van der Waals surface area contributed by atoms with Gasteiger partial charge in [-0.15, -0.1) is 0 Å². The van der Waals surface area contributed by atoms with E-state index in [9.17, 15) is 14.7 Å². The van der Waals surface area contributed by atoms with Crippen molar-refractivity contribution in [2.75, 3.05) is 52.6 Å². The Labute approximate surface area is 276 Å². The third-order valence-electron chi connectivity index (χ3n) is 7.96. The van der Waals surface area contributed by atoms with Gasteiger partial charge < -0.3 is 24.7 Å². The molecule has 46 heavy (non-hydrogen) atoms. The largest absolute Gasteiger partial charge is 0.492 e. The van der Waals surface area contributed by atoms with Crippen LogP contribution in [0.5, 0.6) is 5.75 Å². The molecule has 1 aromatic heterocycles. The fourth-order valence-electron chi connectivity index (χ4n) is 5.45. The summed E-state index contributed by atoms with van der Waals surface area (Å²) in [5.74, 6) is 0.337. The van der Waals surface area contributed by atoms with Crippen molar-refractivity contribution in [1.82, 2.24) is 19.8 Å². The van der Waals surface area contributed by atoms with E-state index in [0.717, 1.165) is 77.7 Å². The number of imidazole rings is 1. The molecule has 238 valence electrons. The quantitative estimate of drug-likeness (QED) is 0.147. The summed E-state index contributed by atoms with van der Waals surface area (Å²) in [5, 5.41) is 18.5. The molecule has 0 unspecified atom stereocenters. The number of aromatic amines is 1. The van der Waals surface area contributed by atoms with Gasteiger partial charge in [0.15, 0.2) is 0 Å². The summed E-state index contributed by atoms with van der Waals surface area (Å²) in [5.41, 5.74) is 5.49. The summed E-state index contributed by atoms with van der Waals surface area (Å²) in [7, 11) is 0. The molecule has 4 aromatic rings. The van der Waals surface area contributed by atoms with Gasteiger partial charge in [0.05, 0.1) is 41.3 Å². The molecule has 1 amide bonds. The van der Waals surface area contributed by atoms with Crippen molar-refractivity contribution in [2.45, 2.75) is 12.8 Å². The smallest absolute Gasteiger partial charge is 0.335 e. The number of carbonyl (C=O) groups excluding carboxylic acids is 1. The van der Waals surface area contributed by atoms with Crippen LogP contribution in [0.4, 0.5) is 0 Å². The molecule has 2 aliphatic heterocycles. The molecular weight excluding hydrogens is 625 g/mol. The van der Waals surface area contributed by atoms with Crippen LogP contribution < -0.4 is 4.74 Å². The van der Waals surface area contributed by atoms with Crippen molar-refractivity contribution in [3.63, 3.8) is 0 Å². The van der Waals surface area contributed by atoms with Gasteiger partial charge in [-0.3, -0.25) is 14.6 Å². The molecular formula is C34H34N4O6S2. The minimum atomic E-state index is -0.974. The van der Waals surface area contributed by atoms with Crippen molar-refractivity contribution < 1.29 is 29.3 Å². The van der Waals surface area contributed by atoms with Crippen LogP contribution in [0.2, 0.25) is 0 Å². The Hall–Kier alpha value is -4.07. The highest BCUT2D eigenvalue weighted by Crippen LogP contribution is 2.36. The molecule has 0 bridgehead atoms. The predicted molar refractivity (Wildman–Crippen MR) is 182 cm³/mol. The van der Waals surface area contributed by atoms with E-state index in [-0.39, 0.29) is 18.1 Å². The lowest BCUT2D eigenvalue weighted by atomic mass is 10.0. The number of aliphatic hydroxyl groups excluding tert-OH is 1. The van der Waals surface area contributed by atoms with Crippen LogP contribution in [-0.2, 0) is 22.4 Å². The van der Waals surface area contributed by atoms with Crippen LogP contribution in [0.15, 0.2) is 65.6 Å². The van der Waals surface area contributed by atoms with Gasteiger partial charge in [0, 0.05) is 38.2 Å². The minimum absolute atomic E-state index is 0.0159. The highest BCUT2D eigenvalue weighted by Gasteiger charge is 2.31. The van der Waals surface area contributed by atoms with Gasteiger partial charge in [-0.05, 0) is 65.6 Å². The second-order valence-corrected chi connectivity index (χ2v) is 12.7. The number of aromatic carboxylic acids is 1. The normalized spacial score (nSPS) is 16.5. The lowest BCUT2D eigenvalue weighted by Gasteiger charge is -2.26. The van der Waals surface area contributed by atoms with E-state index >= 15 is 0 Å². The lowest BCUT2D eigenvalue weighted by Crippen LogP contribution is -2.38. The number of carboxylic acids is 1. The number of nitrogens with one attached hydrogen (secondary N) is 1. The number of rotatable bonds is 12. The first kappa shape index (κ1) is 31.9. The summed E-state index contributed by atoms with van der Waals surface area (Å²) in [6, 6.07) is 18.5. The van der Waals surface area contributed by atoms with Gasteiger partial charge in [0.25, 0.3) is 5.91 Å². The monoisotopic (exact) mass is 658 g/mol. The zero-order valence-corrected chi connectivity index (χ0v) is 26.7. The zero-order valence-electron chi connectivity index (χ0n) is 25.1. The van der Waals surface area contributed by atoms with Crippen LogP contribution in [-0.4, -0.2) is 98.8 Å². The first-order chi connectivity index (χ1) is 22.4. The number of fused-ring (bicyclic) bond motifs is 1. The van der Waals surface area contributed by atoms with Crippen molar-refractivity contribution in [3.05, 3.63) is 88.1 Å². The van der Waals surface area contributed by atoms with Gasteiger partial charge in [-0.2, -0.15) is 0 Å². The third-order valence-corrected chi connectivity index (χ3v) is 9.34. The maximum absolute atomic E-state index is 13.4. The van der Waals surface area contributed by atoms with E-state index in [1.165, 1.54) is 11.8 Å². The molecule has 3 aromatic carbocycles. The maximum atomic E-state index is 13.4. The number of aliphatic hydroxyl groups is 1. The molecule has 3 heterocycles. The van der Waals surface area contributed by atoms with Crippen molar-refractivity contribution in [3.8, 4) is 16.9 Å². The molecule has 0 saturated carbocycles. The second-order valence-electron chi connectivity index (χ2n) is 11.0. The number of amides is 1. The van der Waals surface area contributed by atoms with E-state index in [4.69, 9.17) is 26.8 Å². The Bertz CT molecular complexity index is 1780. The fourth-order valence-corrected chi connectivity index (χ4v) is 6.76. The van der Waals surface area contributed by atoms with E-state index < -0.39 is 5.97 Å². The molecule has 2 saturated heterocycles. The van der Waals surface area contributed by atoms with E-state index in [0.29, 0.717) is 35.2 Å². The maximum Gasteiger partial charge on any atom is 0.335 e. The molecule has 0 spiro atoms. The molecule has 3 N–H and O–H groups in total. The number of H-pyrrole nitrogens is 1. The number of nitrogens with zero attached hydrogens (tertiary/aromatic N) is 3. The summed E-state index contributed by atoms with van der Waals surface area (Å²) >= 11 is 6.84. The molecule has 0 radical (unpaired) electrons. The van der Waals surface area contributed by atoms with Gasteiger partial charge in [-0.1, -0.05) is 48.2 Å².